The Labute approximate surface area is 177 Å². The second kappa shape index (κ2) is 9.41. The van der Waals surface area contributed by atoms with E-state index in [-0.39, 0.29) is 5.91 Å². The molecule has 2 aromatic carbocycles. The highest BCUT2D eigenvalue weighted by atomic mass is 16.5. The van der Waals surface area contributed by atoms with Crippen molar-refractivity contribution in [1.82, 2.24) is 9.88 Å². The number of piperazine rings is 1. The molecule has 3 aromatic rings. The van der Waals surface area contributed by atoms with Crippen LogP contribution in [0.15, 0.2) is 73.1 Å². The first-order valence-corrected chi connectivity index (χ1v) is 10.1. The summed E-state index contributed by atoms with van der Waals surface area (Å²) in [5.74, 6) is 0.797. The Bertz CT molecular complexity index is 968. The lowest BCUT2D eigenvalue weighted by Gasteiger charge is -2.36. The van der Waals surface area contributed by atoms with Gasteiger partial charge in [0.2, 0.25) is 0 Å². The van der Waals surface area contributed by atoms with E-state index in [0.717, 1.165) is 44.2 Å². The summed E-state index contributed by atoms with van der Waals surface area (Å²) in [4.78, 5) is 21.2. The predicted molar refractivity (Wildman–Crippen MR) is 119 cm³/mol. The van der Waals surface area contributed by atoms with Crippen LogP contribution in [0.3, 0.4) is 0 Å². The number of para-hydroxylation sites is 2. The minimum absolute atomic E-state index is 0.125. The summed E-state index contributed by atoms with van der Waals surface area (Å²) in [6.45, 7) is 4.78. The van der Waals surface area contributed by atoms with Gasteiger partial charge < -0.3 is 15.0 Å². The van der Waals surface area contributed by atoms with E-state index in [1.54, 1.807) is 25.6 Å². The molecule has 1 aromatic heterocycles. The normalized spacial score (nSPS) is 14.4. The predicted octanol–water partition coefficient (Wildman–Crippen LogP) is 3.66. The number of nitrogens with one attached hydrogen (secondary N) is 1. The van der Waals surface area contributed by atoms with Gasteiger partial charge in [-0.3, -0.25) is 14.7 Å². The molecule has 6 nitrogen and oxygen atoms in total. The molecule has 0 atom stereocenters. The van der Waals surface area contributed by atoms with Gasteiger partial charge in [-0.25, -0.2) is 0 Å². The van der Waals surface area contributed by atoms with Gasteiger partial charge in [0.1, 0.15) is 5.75 Å². The first kappa shape index (κ1) is 19.9. The van der Waals surface area contributed by atoms with Crippen LogP contribution in [0.5, 0.6) is 5.75 Å². The molecule has 0 saturated carbocycles. The molecule has 6 heteroatoms. The number of rotatable bonds is 6. The highest BCUT2D eigenvalue weighted by Gasteiger charge is 2.19. The first-order valence-electron chi connectivity index (χ1n) is 10.1. The van der Waals surface area contributed by atoms with Gasteiger partial charge in [0, 0.05) is 44.5 Å². The molecule has 0 aliphatic carbocycles. The van der Waals surface area contributed by atoms with Crippen molar-refractivity contribution in [2.75, 3.05) is 43.5 Å². The third-order valence-electron chi connectivity index (χ3n) is 5.34. The molecule has 0 unspecified atom stereocenters. The summed E-state index contributed by atoms with van der Waals surface area (Å²) in [6.07, 6.45) is 3.32. The number of benzene rings is 2. The minimum Gasteiger partial charge on any atom is -0.495 e. The quantitative estimate of drug-likeness (QED) is 0.682. The van der Waals surface area contributed by atoms with E-state index in [1.807, 2.05) is 42.5 Å². The molecule has 4 rings (SSSR count). The smallest absolute Gasteiger partial charge is 0.255 e. The fourth-order valence-electron chi connectivity index (χ4n) is 3.70. The number of pyridine rings is 1. The highest BCUT2D eigenvalue weighted by Crippen LogP contribution is 2.28. The minimum atomic E-state index is -0.125. The van der Waals surface area contributed by atoms with Crippen LogP contribution < -0.4 is 15.0 Å². The van der Waals surface area contributed by atoms with Crippen LogP contribution in [0.2, 0.25) is 0 Å². The molecule has 1 aliphatic rings. The van der Waals surface area contributed by atoms with Crippen molar-refractivity contribution in [3.05, 3.63) is 84.2 Å². The number of anilines is 2. The van der Waals surface area contributed by atoms with Gasteiger partial charge >= 0.3 is 0 Å². The van der Waals surface area contributed by atoms with Gasteiger partial charge in [-0.05, 0) is 42.0 Å². The fourth-order valence-corrected chi connectivity index (χ4v) is 3.70. The van der Waals surface area contributed by atoms with E-state index in [9.17, 15) is 4.79 Å². The van der Waals surface area contributed by atoms with Gasteiger partial charge in [0.05, 0.1) is 24.7 Å². The Balaban J connectivity index is 1.31. The SMILES string of the molecule is COc1ccccc1N1CCN(Cc2ccc(C(=O)Nc3cccnc3)cc2)CC1. The molecular weight excluding hydrogens is 376 g/mol. The van der Waals surface area contributed by atoms with Gasteiger partial charge in [-0.2, -0.15) is 0 Å². The summed E-state index contributed by atoms with van der Waals surface area (Å²) in [7, 11) is 1.72. The molecule has 1 amide bonds. The number of carbonyl (C=O) groups is 1. The average molecular weight is 402 g/mol. The zero-order valence-electron chi connectivity index (χ0n) is 17.1. The zero-order chi connectivity index (χ0) is 20.8. The molecule has 1 saturated heterocycles. The second-order valence-electron chi connectivity index (χ2n) is 7.33. The third kappa shape index (κ3) is 4.78. The molecule has 30 heavy (non-hydrogen) atoms. The van der Waals surface area contributed by atoms with Crippen molar-refractivity contribution in [3.63, 3.8) is 0 Å². The maximum atomic E-state index is 12.4. The van der Waals surface area contributed by atoms with Crippen LogP contribution in [-0.4, -0.2) is 49.1 Å². The van der Waals surface area contributed by atoms with Gasteiger partial charge in [0.15, 0.2) is 0 Å². The summed E-state index contributed by atoms with van der Waals surface area (Å²) in [6, 6.07) is 19.6. The van der Waals surface area contributed by atoms with Crippen LogP contribution in [-0.2, 0) is 6.54 Å². The number of hydrogen-bond donors (Lipinski definition) is 1. The molecular formula is C24H26N4O2. The molecule has 0 bridgehead atoms. The van der Waals surface area contributed by atoms with E-state index in [4.69, 9.17) is 4.74 Å². The van der Waals surface area contributed by atoms with Gasteiger partial charge in [-0.1, -0.05) is 24.3 Å². The number of ether oxygens (including phenoxy) is 1. The largest absolute Gasteiger partial charge is 0.495 e. The van der Waals surface area contributed by atoms with Gasteiger partial charge in [0.25, 0.3) is 5.91 Å². The number of hydrogen-bond acceptors (Lipinski definition) is 5. The summed E-state index contributed by atoms with van der Waals surface area (Å²) in [5, 5.41) is 2.86. The molecule has 154 valence electrons. The number of nitrogens with zero attached hydrogens (tertiary/aromatic N) is 3. The third-order valence-corrected chi connectivity index (χ3v) is 5.34. The van der Waals surface area contributed by atoms with Crippen LogP contribution in [0.1, 0.15) is 15.9 Å². The van der Waals surface area contributed by atoms with Crippen LogP contribution in [0, 0.1) is 0 Å². The topological polar surface area (TPSA) is 57.7 Å². The first-order chi connectivity index (χ1) is 14.7. The Kier molecular flexibility index (Phi) is 6.25. The lowest BCUT2D eigenvalue weighted by atomic mass is 10.1. The zero-order valence-corrected chi connectivity index (χ0v) is 17.1. The Morgan fingerprint density at radius 3 is 2.47 bits per heavy atom. The maximum Gasteiger partial charge on any atom is 0.255 e. The summed E-state index contributed by atoms with van der Waals surface area (Å²) in [5.41, 5.74) is 3.70. The van der Waals surface area contributed by atoms with E-state index >= 15 is 0 Å². The standard InChI is InChI=1S/C24H26N4O2/c1-30-23-7-3-2-6-22(23)28-15-13-27(14-16-28)18-19-8-10-20(11-9-19)24(29)26-21-5-4-12-25-17-21/h2-12,17H,13-16,18H2,1H3,(H,26,29). The molecule has 2 heterocycles. The van der Waals surface area contributed by atoms with Crippen molar-refractivity contribution in [2.45, 2.75) is 6.54 Å². The van der Waals surface area contributed by atoms with Crippen molar-refractivity contribution in [2.24, 2.45) is 0 Å². The van der Waals surface area contributed by atoms with Gasteiger partial charge in [-0.15, -0.1) is 0 Å². The van der Waals surface area contributed by atoms with Crippen LogP contribution in [0.4, 0.5) is 11.4 Å². The number of carbonyl (C=O) groups excluding carboxylic acids is 1. The van der Waals surface area contributed by atoms with E-state index in [2.05, 4.69) is 32.2 Å². The fraction of sp³-hybridized carbons (Fsp3) is 0.250. The molecule has 0 spiro atoms. The number of amides is 1. The van der Waals surface area contributed by atoms with E-state index < -0.39 is 0 Å². The molecule has 1 N–H and O–H groups in total. The van der Waals surface area contributed by atoms with Crippen molar-refractivity contribution in [3.8, 4) is 5.75 Å². The van der Waals surface area contributed by atoms with Crippen LogP contribution >= 0.6 is 0 Å². The summed E-state index contributed by atoms with van der Waals surface area (Å²) >= 11 is 0. The second-order valence-corrected chi connectivity index (χ2v) is 7.33. The molecule has 1 fully saturated rings. The Morgan fingerprint density at radius 2 is 1.77 bits per heavy atom. The Morgan fingerprint density at radius 1 is 1.00 bits per heavy atom. The Hall–Kier alpha value is -3.38. The summed E-state index contributed by atoms with van der Waals surface area (Å²) < 4.78 is 5.50. The molecule has 0 radical (unpaired) electrons. The lowest BCUT2D eigenvalue weighted by molar-refractivity contribution is 0.102. The highest BCUT2D eigenvalue weighted by molar-refractivity contribution is 6.04. The van der Waals surface area contributed by atoms with Crippen molar-refractivity contribution in [1.29, 1.82) is 0 Å². The lowest BCUT2D eigenvalue weighted by Crippen LogP contribution is -2.46. The van der Waals surface area contributed by atoms with E-state index in [1.165, 1.54) is 5.56 Å². The number of methoxy groups -OCH3 is 1. The molecule has 1 aliphatic heterocycles. The maximum absolute atomic E-state index is 12.4. The monoisotopic (exact) mass is 402 g/mol. The average Bonchev–Trinajstić information content (AvgIpc) is 2.81. The van der Waals surface area contributed by atoms with Crippen molar-refractivity contribution < 1.29 is 9.53 Å². The van der Waals surface area contributed by atoms with Crippen LogP contribution in [0.25, 0.3) is 0 Å². The van der Waals surface area contributed by atoms with Crippen molar-refractivity contribution >= 4 is 17.3 Å². The number of aromatic nitrogens is 1. The van der Waals surface area contributed by atoms with E-state index in [0.29, 0.717) is 11.3 Å².